The third-order valence-corrected chi connectivity index (χ3v) is 6.46. The van der Waals surface area contributed by atoms with Crippen LogP contribution in [0.15, 0.2) is 29.4 Å². The van der Waals surface area contributed by atoms with Crippen LogP contribution in [0.1, 0.15) is 29.4 Å². The maximum Gasteiger partial charge on any atom is 0.433 e. The van der Waals surface area contributed by atoms with Crippen LogP contribution in [0.25, 0.3) is 0 Å². The minimum absolute atomic E-state index is 0.0218. The topological polar surface area (TPSA) is 117 Å². The first kappa shape index (κ1) is 25.0. The van der Waals surface area contributed by atoms with Gasteiger partial charge in [0.1, 0.15) is 24.1 Å². The summed E-state index contributed by atoms with van der Waals surface area (Å²) in [6.07, 6.45) is -3.37. The molecule has 1 aromatic carbocycles. The SMILES string of the molecule is C[C@@H]1C[C@H]2OC(N)=N[C@](CF)(c3cc(NC(=O)c4ncc5c(c4F)OCC(F)(F)O5)ccc3F)[C@H]2CO1. The average Bonchev–Trinajstić information content (AvgIpc) is 2.83. The Hall–Kier alpha value is -3.68. The zero-order valence-corrected chi connectivity index (χ0v) is 19.3. The average molecular weight is 528 g/mol. The van der Waals surface area contributed by atoms with E-state index in [9.17, 15) is 22.4 Å². The second-order valence-corrected chi connectivity index (χ2v) is 8.94. The van der Waals surface area contributed by atoms with Gasteiger partial charge in [-0.25, -0.2) is 23.1 Å². The highest BCUT2D eigenvalue weighted by atomic mass is 19.3. The number of halogens is 5. The lowest BCUT2D eigenvalue weighted by molar-refractivity contribution is -0.209. The van der Waals surface area contributed by atoms with Crippen molar-refractivity contribution in [2.75, 3.05) is 25.2 Å². The summed E-state index contributed by atoms with van der Waals surface area (Å²) in [6, 6.07) is 3.00. The number of pyridine rings is 1. The third kappa shape index (κ3) is 4.38. The number of hydrogen-bond donors (Lipinski definition) is 2. The lowest BCUT2D eigenvalue weighted by Crippen LogP contribution is -2.55. The van der Waals surface area contributed by atoms with Gasteiger partial charge in [-0.2, -0.15) is 8.78 Å². The molecule has 3 aliphatic rings. The Labute approximate surface area is 206 Å². The second kappa shape index (κ2) is 9.01. The first-order valence-corrected chi connectivity index (χ1v) is 11.2. The van der Waals surface area contributed by atoms with E-state index in [2.05, 4.69) is 20.0 Å². The minimum atomic E-state index is -3.68. The number of amides is 1. The van der Waals surface area contributed by atoms with Crippen LogP contribution in [0.3, 0.4) is 0 Å². The summed E-state index contributed by atoms with van der Waals surface area (Å²) in [6.45, 7) is -0.570. The number of ether oxygens (including phenoxy) is 4. The Morgan fingerprint density at radius 1 is 1.30 bits per heavy atom. The predicted molar refractivity (Wildman–Crippen MR) is 117 cm³/mol. The van der Waals surface area contributed by atoms with Gasteiger partial charge in [0.05, 0.1) is 24.8 Å². The summed E-state index contributed by atoms with van der Waals surface area (Å²) in [5.41, 5.74) is 2.97. The molecule has 1 fully saturated rings. The van der Waals surface area contributed by atoms with E-state index in [1.54, 1.807) is 0 Å². The number of carbonyl (C=O) groups is 1. The number of nitrogens with one attached hydrogen (secondary N) is 1. The van der Waals surface area contributed by atoms with Gasteiger partial charge >= 0.3 is 6.11 Å². The van der Waals surface area contributed by atoms with E-state index in [0.29, 0.717) is 6.42 Å². The number of aliphatic imine (C=N–C) groups is 1. The molecule has 14 heteroatoms. The summed E-state index contributed by atoms with van der Waals surface area (Å²) in [5.74, 6) is -5.35. The fourth-order valence-corrected chi connectivity index (χ4v) is 4.72. The third-order valence-electron chi connectivity index (χ3n) is 6.46. The number of aromatic nitrogens is 1. The number of amidine groups is 1. The Balaban J connectivity index is 1.46. The quantitative estimate of drug-likeness (QED) is 0.585. The molecule has 2 aromatic rings. The van der Waals surface area contributed by atoms with Gasteiger partial charge in [0.25, 0.3) is 11.9 Å². The first-order valence-electron chi connectivity index (χ1n) is 11.2. The number of nitrogens with zero attached hydrogens (tertiary/aromatic N) is 2. The highest BCUT2D eigenvalue weighted by Crippen LogP contribution is 2.45. The molecule has 0 spiro atoms. The van der Waals surface area contributed by atoms with Crippen molar-refractivity contribution >= 4 is 17.6 Å². The van der Waals surface area contributed by atoms with Gasteiger partial charge in [0.15, 0.2) is 23.9 Å². The van der Waals surface area contributed by atoms with Crippen molar-refractivity contribution in [3.8, 4) is 11.5 Å². The summed E-state index contributed by atoms with van der Waals surface area (Å²) >= 11 is 0. The number of nitrogens with two attached hydrogens (primary N) is 1. The van der Waals surface area contributed by atoms with Crippen LogP contribution in [0.5, 0.6) is 11.5 Å². The molecule has 1 amide bonds. The van der Waals surface area contributed by atoms with Crippen LogP contribution in [-0.4, -0.2) is 55.1 Å². The van der Waals surface area contributed by atoms with Crippen LogP contribution >= 0.6 is 0 Å². The number of hydrogen-bond acceptors (Lipinski definition) is 8. The van der Waals surface area contributed by atoms with Crippen LogP contribution < -0.4 is 20.5 Å². The van der Waals surface area contributed by atoms with Crippen LogP contribution in [0, 0.1) is 17.6 Å². The minimum Gasteiger partial charge on any atom is -0.476 e. The fraction of sp³-hybridized carbons (Fsp3) is 0.435. The van der Waals surface area contributed by atoms with E-state index >= 15 is 4.39 Å². The fourth-order valence-electron chi connectivity index (χ4n) is 4.72. The standard InChI is InChI=1S/C23H21F5N4O5/c1-10-4-15-13(7-34-10)22(8-24,32-21(29)36-15)12-5-11(2-3-14(12)25)31-20(33)18-17(26)19-16(6-30-18)37-23(27,28)9-35-19/h2-3,5-6,10,13,15H,4,7-9H2,1H3,(H2,29,32)(H,31,33)/t10-,13+,15-,22-/m1/s1. The number of rotatable bonds is 4. The van der Waals surface area contributed by atoms with Crippen LogP contribution in [0.2, 0.25) is 0 Å². The molecule has 0 bridgehead atoms. The number of fused-ring (bicyclic) bond motifs is 2. The van der Waals surface area contributed by atoms with Gasteiger partial charge in [0.2, 0.25) is 5.75 Å². The van der Waals surface area contributed by atoms with Crippen molar-refractivity contribution in [1.29, 1.82) is 0 Å². The lowest BCUT2D eigenvalue weighted by atomic mass is 9.73. The van der Waals surface area contributed by atoms with Crippen molar-refractivity contribution in [2.24, 2.45) is 16.6 Å². The molecule has 4 heterocycles. The Morgan fingerprint density at radius 2 is 2.08 bits per heavy atom. The van der Waals surface area contributed by atoms with E-state index in [1.807, 2.05) is 6.92 Å². The first-order chi connectivity index (χ1) is 17.5. The Kier molecular flexibility index (Phi) is 6.09. The largest absolute Gasteiger partial charge is 0.476 e. The monoisotopic (exact) mass is 528 g/mol. The van der Waals surface area contributed by atoms with Gasteiger partial charge in [0, 0.05) is 17.7 Å². The number of carbonyl (C=O) groups excluding carboxylic acids is 1. The van der Waals surface area contributed by atoms with Crippen LogP contribution in [0.4, 0.5) is 27.6 Å². The van der Waals surface area contributed by atoms with Gasteiger partial charge in [-0.1, -0.05) is 0 Å². The van der Waals surface area contributed by atoms with E-state index in [1.165, 1.54) is 6.07 Å². The Bertz CT molecular complexity index is 1280. The maximum absolute atomic E-state index is 15.1. The molecule has 0 saturated carbocycles. The molecule has 0 aliphatic carbocycles. The van der Waals surface area contributed by atoms with Crippen molar-refractivity contribution in [3.63, 3.8) is 0 Å². The highest BCUT2D eigenvalue weighted by molar-refractivity contribution is 6.03. The number of benzene rings is 1. The van der Waals surface area contributed by atoms with Crippen molar-refractivity contribution in [3.05, 3.63) is 47.3 Å². The molecule has 3 N–H and O–H groups in total. The molecule has 9 nitrogen and oxygen atoms in total. The highest BCUT2D eigenvalue weighted by Gasteiger charge is 2.53. The molecule has 198 valence electrons. The molecular weight excluding hydrogens is 507 g/mol. The molecule has 1 saturated heterocycles. The summed E-state index contributed by atoms with van der Waals surface area (Å²) in [4.78, 5) is 20.5. The van der Waals surface area contributed by atoms with Crippen molar-refractivity contribution in [1.82, 2.24) is 4.98 Å². The van der Waals surface area contributed by atoms with Gasteiger partial charge in [-0.15, -0.1) is 0 Å². The normalized spacial score (nSPS) is 27.9. The molecule has 37 heavy (non-hydrogen) atoms. The molecule has 0 radical (unpaired) electrons. The zero-order chi connectivity index (χ0) is 26.5. The molecule has 3 aliphatic heterocycles. The van der Waals surface area contributed by atoms with Crippen molar-refractivity contribution in [2.45, 2.75) is 37.2 Å². The number of alkyl halides is 3. The lowest BCUT2D eigenvalue weighted by Gasteiger charge is -2.46. The smallest absolute Gasteiger partial charge is 0.433 e. The summed E-state index contributed by atoms with van der Waals surface area (Å²) in [7, 11) is 0. The molecule has 4 atom stereocenters. The van der Waals surface area contributed by atoms with E-state index in [4.69, 9.17) is 19.9 Å². The Morgan fingerprint density at radius 3 is 2.84 bits per heavy atom. The molecule has 5 rings (SSSR count). The summed E-state index contributed by atoms with van der Waals surface area (Å²) in [5, 5.41) is 2.34. The molecule has 1 aromatic heterocycles. The van der Waals surface area contributed by atoms with Gasteiger partial charge in [-0.3, -0.25) is 4.79 Å². The molecular formula is C23H21F5N4O5. The zero-order valence-electron chi connectivity index (χ0n) is 19.3. The number of anilines is 1. The van der Waals surface area contributed by atoms with E-state index in [-0.39, 0.29) is 30.0 Å². The van der Waals surface area contributed by atoms with E-state index in [0.717, 1.165) is 18.3 Å². The predicted octanol–water partition coefficient (Wildman–Crippen LogP) is 3.28. The summed E-state index contributed by atoms with van der Waals surface area (Å²) < 4.78 is 91.5. The van der Waals surface area contributed by atoms with Crippen LogP contribution in [-0.2, 0) is 15.0 Å². The maximum atomic E-state index is 15.1. The van der Waals surface area contributed by atoms with E-state index < -0.39 is 71.7 Å². The molecule has 0 unspecified atom stereocenters. The van der Waals surface area contributed by atoms with Gasteiger partial charge in [-0.05, 0) is 25.1 Å². The van der Waals surface area contributed by atoms with Crippen molar-refractivity contribution < 1.29 is 45.7 Å². The second-order valence-electron chi connectivity index (χ2n) is 8.94. The van der Waals surface area contributed by atoms with Gasteiger partial charge < -0.3 is 30.0 Å².